The second-order valence-electron chi connectivity index (χ2n) is 3.76. The van der Waals surface area contributed by atoms with Gasteiger partial charge in [0.15, 0.2) is 0 Å². The zero-order valence-electron chi connectivity index (χ0n) is 9.58. The van der Waals surface area contributed by atoms with E-state index in [0.29, 0.717) is 16.3 Å². The molecule has 0 radical (unpaired) electrons. The third-order valence-electron chi connectivity index (χ3n) is 2.50. The Kier molecular flexibility index (Phi) is 2.99. The maximum Gasteiger partial charge on any atom is 0.266 e. The Bertz CT molecular complexity index is 752. The van der Waals surface area contributed by atoms with Crippen molar-refractivity contribution in [3.05, 3.63) is 46.3 Å². The average Bonchev–Trinajstić information content (AvgIpc) is 3.00. The van der Waals surface area contributed by atoms with E-state index in [0.717, 1.165) is 9.40 Å². The van der Waals surface area contributed by atoms with Crippen LogP contribution in [0.2, 0.25) is 0 Å². The third-order valence-corrected chi connectivity index (χ3v) is 4.59. The number of hydrogen-bond donors (Lipinski definition) is 1. The van der Waals surface area contributed by atoms with Gasteiger partial charge >= 0.3 is 0 Å². The fourth-order valence-corrected chi connectivity index (χ4v) is 3.59. The van der Waals surface area contributed by atoms with Crippen LogP contribution in [0, 0.1) is 11.3 Å². The minimum atomic E-state index is -0.175. The SMILES string of the molecule is N#Cc1ccc(NC(=O)c2cc3sccc3s2)nc1. The highest BCUT2D eigenvalue weighted by molar-refractivity contribution is 7.27. The normalized spacial score (nSPS) is 10.3. The molecule has 0 atom stereocenters. The molecule has 0 fully saturated rings. The first-order valence-electron chi connectivity index (χ1n) is 5.41. The predicted molar refractivity (Wildman–Crippen MR) is 76.6 cm³/mol. The minimum Gasteiger partial charge on any atom is -0.306 e. The first-order valence-corrected chi connectivity index (χ1v) is 7.10. The molecule has 0 spiro atoms. The van der Waals surface area contributed by atoms with Gasteiger partial charge in [-0.2, -0.15) is 5.26 Å². The first kappa shape index (κ1) is 11.8. The molecule has 0 aliphatic carbocycles. The van der Waals surface area contributed by atoms with Crippen molar-refractivity contribution in [3.8, 4) is 6.07 Å². The Hall–Kier alpha value is -2.23. The third kappa shape index (κ3) is 2.34. The van der Waals surface area contributed by atoms with Gasteiger partial charge in [0.05, 0.1) is 10.4 Å². The number of anilines is 1. The molecule has 0 aliphatic rings. The summed E-state index contributed by atoms with van der Waals surface area (Å²) in [5.41, 5.74) is 0.467. The molecule has 1 amide bonds. The van der Waals surface area contributed by atoms with Gasteiger partial charge in [-0.3, -0.25) is 4.79 Å². The van der Waals surface area contributed by atoms with Gasteiger partial charge in [0.25, 0.3) is 5.91 Å². The molecular weight excluding hydrogens is 278 g/mol. The zero-order valence-corrected chi connectivity index (χ0v) is 11.2. The van der Waals surface area contributed by atoms with Crippen LogP contribution in [-0.4, -0.2) is 10.9 Å². The Morgan fingerprint density at radius 1 is 1.32 bits per heavy atom. The summed E-state index contributed by atoms with van der Waals surface area (Å²) in [5, 5.41) is 13.4. The Balaban J connectivity index is 1.80. The van der Waals surface area contributed by atoms with Crippen LogP contribution < -0.4 is 5.32 Å². The molecule has 92 valence electrons. The van der Waals surface area contributed by atoms with Gasteiger partial charge in [-0.1, -0.05) is 0 Å². The molecular formula is C13H7N3OS2. The van der Waals surface area contributed by atoms with E-state index in [-0.39, 0.29) is 5.91 Å². The lowest BCUT2D eigenvalue weighted by atomic mass is 10.3. The predicted octanol–water partition coefficient (Wildman–Crippen LogP) is 3.48. The number of aromatic nitrogens is 1. The average molecular weight is 285 g/mol. The van der Waals surface area contributed by atoms with E-state index in [2.05, 4.69) is 10.3 Å². The van der Waals surface area contributed by atoms with Crippen molar-refractivity contribution in [2.45, 2.75) is 0 Å². The topological polar surface area (TPSA) is 65.8 Å². The molecule has 0 aromatic carbocycles. The summed E-state index contributed by atoms with van der Waals surface area (Å²) >= 11 is 3.07. The summed E-state index contributed by atoms with van der Waals surface area (Å²) in [7, 11) is 0. The monoisotopic (exact) mass is 285 g/mol. The first-order chi connectivity index (χ1) is 9.26. The van der Waals surface area contributed by atoms with Crippen molar-refractivity contribution in [1.82, 2.24) is 4.98 Å². The second kappa shape index (κ2) is 4.80. The quantitative estimate of drug-likeness (QED) is 0.784. The lowest BCUT2D eigenvalue weighted by molar-refractivity contribution is 0.103. The van der Waals surface area contributed by atoms with Crippen LogP contribution >= 0.6 is 22.7 Å². The highest BCUT2D eigenvalue weighted by atomic mass is 32.1. The van der Waals surface area contributed by atoms with Crippen molar-refractivity contribution in [2.75, 3.05) is 5.32 Å². The number of carbonyl (C=O) groups excluding carboxylic acids is 1. The fraction of sp³-hybridized carbons (Fsp3) is 0. The molecule has 19 heavy (non-hydrogen) atoms. The van der Waals surface area contributed by atoms with Crippen molar-refractivity contribution >= 4 is 43.8 Å². The smallest absolute Gasteiger partial charge is 0.266 e. The molecule has 3 heterocycles. The van der Waals surface area contributed by atoms with E-state index in [4.69, 9.17) is 5.26 Å². The summed E-state index contributed by atoms with van der Waals surface area (Å²) in [4.78, 5) is 16.7. The largest absolute Gasteiger partial charge is 0.306 e. The number of pyridine rings is 1. The van der Waals surface area contributed by atoms with Crippen LogP contribution in [0.1, 0.15) is 15.2 Å². The van der Waals surface area contributed by atoms with Crippen LogP contribution in [0.5, 0.6) is 0 Å². The van der Waals surface area contributed by atoms with Crippen LogP contribution in [0.4, 0.5) is 5.82 Å². The van der Waals surface area contributed by atoms with E-state index in [1.165, 1.54) is 17.5 Å². The van der Waals surface area contributed by atoms with E-state index in [1.54, 1.807) is 23.5 Å². The van der Waals surface area contributed by atoms with Crippen molar-refractivity contribution in [1.29, 1.82) is 5.26 Å². The lowest BCUT2D eigenvalue weighted by Crippen LogP contribution is -2.11. The summed E-state index contributed by atoms with van der Waals surface area (Å²) in [5.74, 6) is 0.270. The molecule has 6 heteroatoms. The number of carbonyl (C=O) groups is 1. The molecule has 3 aromatic heterocycles. The number of amides is 1. The molecule has 0 saturated carbocycles. The molecule has 0 aliphatic heterocycles. The summed E-state index contributed by atoms with van der Waals surface area (Å²) in [6.45, 7) is 0. The Morgan fingerprint density at radius 2 is 2.21 bits per heavy atom. The highest BCUT2D eigenvalue weighted by Gasteiger charge is 2.11. The number of nitrogens with zero attached hydrogens (tertiary/aromatic N) is 2. The molecule has 4 nitrogen and oxygen atoms in total. The molecule has 0 bridgehead atoms. The van der Waals surface area contributed by atoms with E-state index >= 15 is 0 Å². The van der Waals surface area contributed by atoms with Gasteiger partial charge in [-0.05, 0) is 29.6 Å². The van der Waals surface area contributed by atoms with Crippen LogP contribution in [0.3, 0.4) is 0 Å². The minimum absolute atomic E-state index is 0.175. The van der Waals surface area contributed by atoms with Crippen molar-refractivity contribution < 1.29 is 4.79 Å². The zero-order chi connectivity index (χ0) is 13.2. The van der Waals surface area contributed by atoms with Gasteiger partial charge in [0.2, 0.25) is 0 Å². The number of nitriles is 1. The van der Waals surface area contributed by atoms with Crippen molar-refractivity contribution in [3.63, 3.8) is 0 Å². The van der Waals surface area contributed by atoms with E-state index in [9.17, 15) is 4.79 Å². The van der Waals surface area contributed by atoms with Gasteiger partial charge in [0.1, 0.15) is 11.9 Å². The summed E-state index contributed by atoms with van der Waals surface area (Å²) < 4.78 is 2.23. The van der Waals surface area contributed by atoms with Gasteiger partial charge in [0, 0.05) is 15.6 Å². The Morgan fingerprint density at radius 3 is 2.89 bits per heavy atom. The Labute approximate surface area is 117 Å². The standard InChI is InChI=1S/C13H7N3OS2/c14-6-8-1-2-12(15-7-8)16-13(17)11-5-10-9(19-11)3-4-18-10/h1-5,7H,(H,15,16,17). The maximum absolute atomic E-state index is 12.0. The summed E-state index contributed by atoms with van der Waals surface area (Å²) in [6, 6.07) is 9.10. The van der Waals surface area contributed by atoms with Gasteiger partial charge in [-0.15, -0.1) is 22.7 Å². The van der Waals surface area contributed by atoms with Crippen LogP contribution in [-0.2, 0) is 0 Å². The number of thiophene rings is 2. The fourth-order valence-electron chi connectivity index (χ4n) is 1.59. The number of fused-ring (bicyclic) bond motifs is 1. The number of hydrogen-bond acceptors (Lipinski definition) is 5. The lowest BCUT2D eigenvalue weighted by Gasteiger charge is -2.01. The molecule has 0 saturated heterocycles. The van der Waals surface area contributed by atoms with Crippen LogP contribution in [0.15, 0.2) is 35.8 Å². The molecule has 1 N–H and O–H groups in total. The number of nitrogens with one attached hydrogen (secondary N) is 1. The highest BCUT2D eigenvalue weighted by Crippen LogP contribution is 2.30. The number of rotatable bonds is 2. The van der Waals surface area contributed by atoms with Crippen molar-refractivity contribution in [2.24, 2.45) is 0 Å². The summed E-state index contributed by atoms with van der Waals surface area (Å²) in [6.07, 6.45) is 1.43. The second-order valence-corrected chi connectivity index (χ2v) is 5.79. The maximum atomic E-state index is 12.0. The molecule has 3 aromatic rings. The molecule has 0 unspecified atom stereocenters. The van der Waals surface area contributed by atoms with E-state index < -0.39 is 0 Å². The van der Waals surface area contributed by atoms with E-state index in [1.807, 2.05) is 23.6 Å². The molecule has 3 rings (SSSR count). The van der Waals surface area contributed by atoms with Gasteiger partial charge in [-0.25, -0.2) is 4.98 Å². The van der Waals surface area contributed by atoms with Crippen LogP contribution in [0.25, 0.3) is 9.40 Å². The van der Waals surface area contributed by atoms with Gasteiger partial charge < -0.3 is 5.32 Å².